The third kappa shape index (κ3) is 5.03. The second-order valence-corrected chi connectivity index (χ2v) is 25.8. The molecule has 1 saturated heterocycles. The second-order valence-electron chi connectivity index (χ2n) is 7.08. The van der Waals surface area contributed by atoms with Crippen LogP contribution in [0.1, 0.15) is 6.23 Å². The molecule has 16 nitrogen and oxygen atoms in total. The number of alkyl halides is 4. The Balaban J connectivity index is 1.82. The summed E-state index contributed by atoms with van der Waals surface area (Å²) < 4.78 is 43.2. The predicted octanol–water partition coefficient (Wildman–Crippen LogP) is 1.48. The quantitative estimate of drug-likeness (QED) is 0.147. The van der Waals surface area contributed by atoms with Gasteiger partial charge in [0.1, 0.15) is 30.2 Å². The summed E-state index contributed by atoms with van der Waals surface area (Å²) in [6.07, 6.45) is -3.64. The molecule has 2 unspecified atom stereocenters. The average molecular weight is 819 g/mol. The highest BCUT2D eigenvalue weighted by Crippen LogP contribution is 2.90. The largest absolute Gasteiger partial charge is 0.387 e. The molecule has 198 valence electrons. The molecule has 0 saturated carbocycles. The predicted molar refractivity (Wildman–Crippen MR) is 134 cm³/mol. The van der Waals surface area contributed by atoms with Gasteiger partial charge in [0, 0.05) is 0 Å². The van der Waals surface area contributed by atoms with E-state index in [2.05, 4.69) is 78.7 Å². The van der Waals surface area contributed by atoms with E-state index in [1.807, 2.05) is 0 Å². The van der Waals surface area contributed by atoms with Crippen molar-refractivity contribution in [1.29, 1.82) is 0 Å². The molecule has 0 aliphatic carbocycles. The highest BCUT2D eigenvalue weighted by atomic mass is 79.9. The van der Waals surface area contributed by atoms with E-state index in [1.165, 1.54) is 10.9 Å². The lowest BCUT2D eigenvalue weighted by Gasteiger charge is -2.36. The van der Waals surface area contributed by atoms with Crippen molar-refractivity contribution < 1.29 is 52.7 Å². The van der Waals surface area contributed by atoms with Crippen molar-refractivity contribution in [3.63, 3.8) is 0 Å². The number of ether oxygens (including phenoxy) is 1. The van der Waals surface area contributed by atoms with Gasteiger partial charge in [0.2, 0.25) is 0 Å². The standard InChI is InChI=1S/C12H16Br4N5O11P3/c13-11(14,34(26,27)28)33(24,25)12(15,16)35(29,30)31-1-4-6(22)7(23)10(32-4)21-3-20-5-8(17)18-2-19-9(5)21/h2-4,6-7,10,22-23H,1H2,(H,24,25)(H,29,30)(H2,17,18,19)(H2,26,27,28)/t4-,6-,7-,10-/m1/s1. The van der Waals surface area contributed by atoms with E-state index in [9.17, 15) is 43.5 Å². The van der Waals surface area contributed by atoms with Crippen LogP contribution in [-0.4, -0.2) is 79.7 Å². The van der Waals surface area contributed by atoms with E-state index in [1.54, 1.807) is 0 Å². The lowest BCUT2D eigenvalue weighted by molar-refractivity contribution is -0.0484. The minimum Gasteiger partial charge on any atom is -0.387 e. The third-order valence-corrected chi connectivity index (χ3v) is 22.6. The molecule has 0 amide bonds. The van der Waals surface area contributed by atoms with Gasteiger partial charge < -0.3 is 44.8 Å². The molecule has 1 fully saturated rings. The van der Waals surface area contributed by atoms with Gasteiger partial charge in [0.15, 0.2) is 17.7 Å². The molecule has 2 aromatic rings. The molecule has 35 heavy (non-hydrogen) atoms. The summed E-state index contributed by atoms with van der Waals surface area (Å²) >= 11 is 9.89. The van der Waals surface area contributed by atoms with Crippen molar-refractivity contribution in [3.8, 4) is 0 Å². The van der Waals surface area contributed by atoms with Gasteiger partial charge in [-0.15, -0.1) is 0 Å². The zero-order valence-corrected chi connectivity index (χ0v) is 25.6. The number of aliphatic hydroxyl groups excluding tert-OH is 2. The van der Waals surface area contributed by atoms with Crippen LogP contribution >= 0.6 is 86.3 Å². The van der Waals surface area contributed by atoms with Gasteiger partial charge in [-0.3, -0.25) is 18.3 Å². The molecule has 0 bridgehead atoms. The lowest BCUT2D eigenvalue weighted by atomic mass is 10.1. The third-order valence-electron chi connectivity index (χ3n) is 4.83. The van der Waals surface area contributed by atoms with E-state index >= 15 is 0 Å². The van der Waals surface area contributed by atoms with E-state index in [0.717, 1.165) is 6.33 Å². The first-order valence-corrected chi connectivity index (χ1v) is 16.9. The number of hydrogen-bond acceptors (Lipinski definition) is 11. The average Bonchev–Trinajstić information content (AvgIpc) is 3.28. The number of aliphatic hydroxyl groups is 2. The molecule has 3 rings (SSSR count). The van der Waals surface area contributed by atoms with Crippen LogP contribution in [0.25, 0.3) is 11.2 Å². The minimum absolute atomic E-state index is 0.0484. The number of imidazole rings is 1. The summed E-state index contributed by atoms with van der Waals surface area (Å²) in [4.78, 5) is 51.5. The van der Waals surface area contributed by atoms with Crippen molar-refractivity contribution >= 4 is 103 Å². The molecule has 2 aromatic heterocycles. The van der Waals surface area contributed by atoms with Crippen LogP contribution in [0, 0.1) is 0 Å². The zero-order chi connectivity index (χ0) is 26.8. The molecular weight excluding hydrogens is 803 g/mol. The summed E-state index contributed by atoms with van der Waals surface area (Å²) in [6, 6.07) is 0. The molecule has 0 aromatic carbocycles. The number of hydrogen-bond donors (Lipinski definition) is 7. The van der Waals surface area contributed by atoms with Crippen LogP contribution in [0.4, 0.5) is 5.82 Å². The Morgan fingerprint density at radius 1 is 1.03 bits per heavy atom. The maximum atomic E-state index is 12.9. The Morgan fingerprint density at radius 3 is 2.20 bits per heavy atom. The smallest absolute Gasteiger partial charge is 0.365 e. The first-order chi connectivity index (χ1) is 15.8. The number of nitrogens with zero attached hydrogens (tertiary/aromatic N) is 4. The Morgan fingerprint density at radius 2 is 1.63 bits per heavy atom. The fraction of sp³-hybridized carbons (Fsp3) is 0.583. The molecule has 8 N–H and O–H groups in total. The van der Waals surface area contributed by atoms with Crippen LogP contribution in [0.3, 0.4) is 0 Å². The van der Waals surface area contributed by atoms with Crippen LogP contribution in [0.2, 0.25) is 0 Å². The topological polar surface area (TPSA) is 261 Å². The number of halogens is 4. The number of anilines is 1. The van der Waals surface area contributed by atoms with Crippen molar-refractivity contribution in [2.24, 2.45) is 0 Å². The lowest BCUT2D eigenvalue weighted by Crippen LogP contribution is -2.34. The van der Waals surface area contributed by atoms with Crippen molar-refractivity contribution in [3.05, 3.63) is 12.7 Å². The number of aromatic nitrogens is 4. The summed E-state index contributed by atoms with van der Waals surface area (Å²) in [5.74, 6) is 0.0484. The fourth-order valence-corrected chi connectivity index (χ4v) is 16.1. The van der Waals surface area contributed by atoms with Gasteiger partial charge >= 0.3 is 15.2 Å². The Bertz CT molecular complexity index is 1270. The summed E-state index contributed by atoms with van der Waals surface area (Å²) in [7, 11) is -16.2. The van der Waals surface area contributed by atoms with Crippen molar-refractivity contribution in [2.45, 2.75) is 30.0 Å². The highest BCUT2D eigenvalue weighted by Gasteiger charge is 2.71. The van der Waals surface area contributed by atoms with Crippen molar-refractivity contribution in [2.75, 3.05) is 12.3 Å². The molecule has 1 aliphatic heterocycles. The number of fused-ring (bicyclic) bond motifs is 1. The number of nitrogen functional groups attached to an aromatic ring is 1. The molecule has 0 radical (unpaired) electrons. The molecule has 0 spiro atoms. The van der Waals surface area contributed by atoms with Gasteiger partial charge in [-0.05, 0) is 63.7 Å². The number of nitrogens with two attached hydrogens (primary N) is 1. The van der Waals surface area contributed by atoms with Crippen LogP contribution in [-0.2, 0) is 23.0 Å². The minimum atomic E-state index is -5.44. The molecule has 23 heteroatoms. The number of rotatable bonds is 8. The Labute approximate surface area is 229 Å². The normalized spacial score (nSPS) is 27.6. The maximum Gasteiger partial charge on any atom is 0.365 e. The van der Waals surface area contributed by atoms with Crippen LogP contribution < -0.4 is 5.73 Å². The molecular formula is C12H16Br4N5O11P3. The first-order valence-electron chi connectivity index (χ1n) is 8.84. The zero-order valence-electron chi connectivity index (χ0n) is 16.6. The van der Waals surface area contributed by atoms with Crippen molar-refractivity contribution in [1.82, 2.24) is 19.5 Å². The molecule has 3 heterocycles. The molecule has 1 aliphatic rings. The van der Waals surface area contributed by atoms with E-state index in [0.29, 0.717) is 0 Å². The van der Waals surface area contributed by atoms with Crippen LogP contribution in [0.15, 0.2) is 12.7 Å². The maximum absolute atomic E-state index is 12.9. The van der Waals surface area contributed by atoms with E-state index in [-0.39, 0.29) is 17.0 Å². The summed E-state index contributed by atoms with van der Waals surface area (Å²) in [5.41, 5.74) is 6.07. The van der Waals surface area contributed by atoms with Gasteiger partial charge in [-0.25, -0.2) is 15.0 Å². The van der Waals surface area contributed by atoms with E-state index in [4.69, 9.17) is 15.0 Å². The monoisotopic (exact) mass is 815 g/mol. The van der Waals surface area contributed by atoms with Crippen LogP contribution in [0.5, 0.6) is 0 Å². The molecule has 6 atom stereocenters. The fourth-order valence-electron chi connectivity index (χ4n) is 2.91. The SMILES string of the molecule is Nc1ncnc2c1ncn2[C@@H]1O[C@H](COP(=O)(O)C(Br)(Br)P(=O)(O)C(Br)(Br)P(=O)(O)O)[C@@H](O)[C@H]1O. The van der Waals surface area contributed by atoms with E-state index < -0.39 is 59.1 Å². The second kappa shape index (κ2) is 9.99. The Kier molecular flexibility index (Phi) is 8.62. The van der Waals surface area contributed by atoms with Gasteiger partial charge in [0.05, 0.1) is 12.9 Å². The van der Waals surface area contributed by atoms with Gasteiger partial charge in [-0.1, -0.05) is 0 Å². The summed E-state index contributed by atoms with van der Waals surface area (Å²) in [5, 5.41) is 20.8. The highest BCUT2D eigenvalue weighted by molar-refractivity contribution is 9.32. The van der Waals surface area contributed by atoms with Gasteiger partial charge in [0.25, 0.3) is 12.8 Å². The Hall–Kier alpha value is 0.640. The van der Waals surface area contributed by atoms with Gasteiger partial charge in [-0.2, -0.15) is 0 Å². The first kappa shape index (κ1) is 30.2. The summed E-state index contributed by atoms with van der Waals surface area (Å²) in [6.45, 7) is -0.904.